The summed E-state index contributed by atoms with van der Waals surface area (Å²) in [4.78, 5) is 0. The van der Waals surface area contributed by atoms with Crippen LogP contribution in [-0.4, -0.2) is 21.9 Å². The van der Waals surface area contributed by atoms with Crippen LogP contribution in [0.15, 0.2) is 5.51 Å². The van der Waals surface area contributed by atoms with Crippen molar-refractivity contribution in [1.82, 2.24) is 10.2 Å². The van der Waals surface area contributed by atoms with Gasteiger partial charge in [-0.1, -0.05) is 17.3 Å². The molecule has 0 saturated heterocycles. The molecule has 3 nitrogen and oxygen atoms in total. The molecule has 0 atom stereocenters. The van der Waals surface area contributed by atoms with Crippen molar-refractivity contribution < 1.29 is 5.11 Å². The molecule has 9 heavy (non-hydrogen) atoms. The van der Waals surface area contributed by atoms with Gasteiger partial charge in [0.25, 0.3) is 0 Å². The van der Waals surface area contributed by atoms with Gasteiger partial charge in [0.15, 0.2) is 5.01 Å². The minimum absolute atomic E-state index is 0.125. The van der Waals surface area contributed by atoms with Crippen molar-refractivity contribution in [2.24, 2.45) is 0 Å². The maximum Gasteiger partial charge on any atom is 0.190 e. The average Bonchev–Trinajstić information content (AvgIpc) is 2.34. The highest BCUT2D eigenvalue weighted by atomic mass is 32.1. The lowest BCUT2D eigenvalue weighted by Gasteiger charge is -1.69. The second-order valence-corrected chi connectivity index (χ2v) is 2.04. The molecule has 0 saturated carbocycles. The average molecular weight is 140 g/mol. The Morgan fingerprint density at radius 3 is 3.22 bits per heavy atom. The fraction of sp³-hybridized carbons (Fsp3) is 0.200. The van der Waals surface area contributed by atoms with Crippen LogP contribution < -0.4 is 0 Å². The molecule has 0 aromatic carbocycles. The molecule has 1 heterocycles. The van der Waals surface area contributed by atoms with E-state index >= 15 is 0 Å². The highest BCUT2D eigenvalue weighted by molar-refractivity contribution is 7.09. The van der Waals surface area contributed by atoms with Crippen molar-refractivity contribution in [3.63, 3.8) is 0 Å². The molecule has 0 aliphatic carbocycles. The fourth-order valence-electron chi connectivity index (χ4n) is 0.343. The van der Waals surface area contributed by atoms with Crippen LogP contribution in [0.5, 0.6) is 0 Å². The highest BCUT2D eigenvalue weighted by Gasteiger charge is 1.85. The SMILES string of the molecule is OCC#Cc1nncs1. The van der Waals surface area contributed by atoms with Gasteiger partial charge in [-0.25, -0.2) is 0 Å². The second-order valence-electron chi connectivity index (χ2n) is 1.20. The third kappa shape index (κ3) is 1.80. The molecule has 1 N–H and O–H groups in total. The van der Waals surface area contributed by atoms with E-state index in [1.165, 1.54) is 11.3 Å². The summed E-state index contributed by atoms with van der Waals surface area (Å²) < 4.78 is 0. The molecular formula is C5H4N2OS. The summed E-state index contributed by atoms with van der Waals surface area (Å²) in [5, 5.41) is 16.1. The van der Waals surface area contributed by atoms with E-state index < -0.39 is 0 Å². The molecule has 1 rings (SSSR count). The van der Waals surface area contributed by atoms with E-state index in [1.54, 1.807) is 5.51 Å². The Kier molecular flexibility index (Phi) is 2.19. The topological polar surface area (TPSA) is 46.0 Å². The quantitative estimate of drug-likeness (QED) is 0.511. The number of nitrogens with zero attached hydrogens (tertiary/aromatic N) is 2. The molecular weight excluding hydrogens is 136 g/mol. The lowest BCUT2D eigenvalue weighted by molar-refractivity contribution is 0.350. The van der Waals surface area contributed by atoms with Crippen molar-refractivity contribution in [3.05, 3.63) is 10.5 Å². The molecule has 46 valence electrons. The predicted molar refractivity (Wildman–Crippen MR) is 33.9 cm³/mol. The molecule has 0 spiro atoms. The lowest BCUT2D eigenvalue weighted by Crippen LogP contribution is -1.74. The van der Waals surface area contributed by atoms with Crippen molar-refractivity contribution in [2.45, 2.75) is 0 Å². The van der Waals surface area contributed by atoms with Crippen LogP contribution in [-0.2, 0) is 0 Å². The van der Waals surface area contributed by atoms with E-state index in [4.69, 9.17) is 5.11 Å². The Bertz CT molecular complexity index is 221. The minimum atomic E-state index is -0.125. The zero-order chi connectivity index (χ0) is 6.53. The fourth-order valence-corrected chi connectivity index (χ4v) is 0.762. The van der Waals surface area contributed by atoms with E-state index in [1.807, 2.05) is 0 Å². The molecule has 0 fully saturated rings. The minimum Gasteiger partial charge on any atom is -0.384 e. The lowest BCUT2D eigenvalue weighted by atomic mass is 10.6. The monoisotopic (exact) mass is 140 g/mol. The Labute approximate surface area is 56.4 Å². The van der Waals surface area contributed by atoms with Crippen molar-refractivity contribution >= 4 is 11.3 Å². The zero-order valence-electron chi connectivity index (χ0n) is 4.53. The molecule has 0 aliphatic rings. The van der Waals surface area contributed by atoms with Gasteiger partial charge in [0.05, 0.1) is 0 Å². The largest absolute Gasteiger partial charge is 0.384 e. The van der Waals surface area contributed by atoms with Gasteiger partial charge >= 0.3 is 0 Å². The number of aliphatic hydroxyl groups excluding tert-OH is 1. The van der Waals surface area contributed by atoms with E-state index in [-0.39, 0.29) is 6.61 Å². The molecule has 1 aromatic rings. The van der Waals surface area contributed by atoms with Crippen molar-refractivity contribution in [1.29, 1.82) is 0 Å². The summed E-state index contributed by atoms with van der Waals surface area (Å²) in [6, 6.07) is 0. The Morgan fingerprint density at radius 1 is 1.78 bits per heavy atom. The maximum atomic E-state index is 8.25. The van der Waals surface area contributed by atoms with Crippen LogP contribution >= 0.6 is 11.3 Å². The van der Waals surface area contributed by atoms with Crippen LogP contribution in [0, 0.1) is 11.8 Å². The summed E-state index contributed by atoms with van der Waals surface area (Å²) in [5.41, 5.74) is 1.60. The number of rotatable bonds is 0. The molecule has 1 aromatic heterocycles. The third-order valence-corrected chi connectivity index (χ3v) is 1.24. The highest BCUT2D eigenvalue weighted by Crippen LogP contribution is 1.96. The van der Waals surface area contributed by atoms with Crippen LogP contribution in [0.25, 0.3) is 0 Å². The molecule has 0 aliphatic heterocycles. The molecule has 0 bridgehead atoms. The Morgan fingerprint density at radius 2 is 2.67 bits per heavy atom. The Hall–Kier alpha value is -0.920. The summed E-state index contributed by atoms with van der Waals surface area (Å²) in [7, 11) is 0. The summed E-state index contributed by atoms with van der Waals surface area (Å²) in [6.45, 7) is -0.125. The molecule has 0 radical (unpaired) electrons. The maximum absolute atomic E-state index is 8.25. The first-order valence-electron chi connectivity index (χ1n) is 2.29. The smallest absolute Gasteiger partial charge is 0.190 e. The van der Waals surface area contributed by atoms with Crippen molar-refractivity contribution in [3.8, 4) is 11.8 Å². The van der Waals surface area contributed by atoms with Gasteiger partial charge in [0, 0.05) is 0 Å². The molecule has 4 heteroatoms. The molecule has 0 amide bonds. The van der Waals surface area contributed by atoms with Crippen LogP contribution in [0.1, 0.15) is 5.01 Å². The van der Waals surface area contributed by atoms with E-state index in [0.29, 0.717) is 5.01 Å². The first kappa shape index (κ1) is 6.20. The van der Waals surface area contributed by atoms with Gasteiger partial charge in [0.2, 0.25) is 0 Å². The van der Waals surface area contributed by atoms with Gasteiger partial charge in [0.1, 0.15) is 12.1 Å². The normalized spacial score (nSPS) is 8.11. The van der Waals surface area contributed by atoms with E-state index in [0.717, 1.165) is 0 Å². The number of hydrogen-bond acceptors (Lipinski definition) is 4. The standard InChI is InChI=1S/C5H4N2OS/c8-3-1-2-5-7-6-4-9-5/h4,8H,3H2. The summed E-state index contributed by atoms with van der Waals surface area (Å²) >= 11 is 1.36. The Balaban J connectivity index is 2.67. The van der Waals surface area contributed by atoms with Crippen molar-refractivity contribution in [2.75, 3.05) is 6.61 Å². The first-order chi connectivity index (χ1) is 4.43. The van der Waals surface area contributed by atoms with Gasteiger partial charge in [-0.3, -0.25) is 0 Å². The molecule has 0 unspecified atom stereocenters. The second kappa shape index (κ2) is 3.17. The van der Waals surface area contributed by atoms with Crippen LogP contribution in [0.3, 0.4) is 0 Å². The third-order valence-electron chi connectivity index (χ3n) is 0.634. The number of aliphatic hydroxyl groups is 1. The number of hydrogen-bond donors (Lipinski definition) is 1. The predicted octanol–water partition coefficient (Wildman–Crippen LogP) is -0.118. The van der Waals surface area contributed by atoms with Crippen LogP contribution in [0.4, 0.5) is 0 Å². The van der Waals surface area contributed by atoms with E-state index in [9.17, 15) is 0 Å². The van der Waals surface area contributed by atoms with Gasteiger partial charge < -0.3 is 5.11 Å². The summed E-state index contributed by atoms with van der Waals surface area (Å²) in [6.07, 6.45) is 0. The van der Waals surface area contributed by atoms with Crippen LogP contribution in [0.2, 0.25) is 0 Å². The summed E-state index contributed by atoms with van der Waals surface area (Å²) in [5.74, 6) is 5.08. The van der Waals surface area contributed by atoms with E-state index in [2.05, 4.69) is 22.0 Å². The van der Waals surface area contributed by atoms with Gasteiger partial charge in [-0.15, -0.1) is 10.2 Å². The van der Waals surface area contributed by atoms with Gasteiger partial charge in [-0.2, -0.15) is 0 Å². The number of aromatic nitrogens is 2. The zero-order valence-corrected chi connectivity index (χ0v) is 5.35. The van der Waals surface area contributed by atoms with Gasteiger partial charge in [-0.05, 0) is 5.92 Å². The first-order valence-corrected chi connectivity index (χ1v) is 3.17.